The predicted molar refractivity (Wildman–Crippen MR) is 137 cm³/mol. The van der Waals surface area contributed by atoms with E-state index < -0.39 is 0 Å². The molecule has 0 aromatic heterocycles. The second-order valence-electron chi connectivity index (χ2n) is 6.11. The van der Waals surface area contributed by atoms with Gasteiger partial charge < -0.3 is 16.0 Å². The lowest BCUT2D eigenvalue weighted by atomic mass is 10.2. The van der Waals surface area contributed by atoms with Gasteiger partial charge in [0.25, 0.3) is 0 Å². The molecule has 0 bridgehead atoms. The first-order chi connectivity index (χ1) is 12.2. The number of hydrogen-bond donors (Lipinski definition) is 5. The molecule has 0 atom stereocenters. The van der Waals surface area contributed by atoms with Crippen molar-refractivity contribution in [2.45, 2.75) is 35.5 Å². The van der Waals surface area contributed by atoms with Crippen LogP contribution in [0.4, 0.5) is 11.4 Å². The van der Waals surface area contributed by atoms with E-state index in [-0.39, 0.29) is 37.2 Å². The van der Waals surface area contributed by atoms with E-state index in [9.17, 15) is 0 Å². The van der Waals surface area contributed by atoms with Crippen LogP contribution in [0.1, 0.15) is 25.7 Å². The third kappa shape index (κ3) is 13.7. The highest BCUT2D eigenvalue weighted by atomic mass is 35.5. The van der Waals surface area contributed by atoms with Gasteiger partial charge in [-0.15, -0.1) is 62.5 Å². The first kappa shape index (κ1) is 29.8. The minimum atomic E-state index is 0. The summed E-state index contributed by atoms with van der Waals surface area (Å²) < 4.78 is 0. The van der Waals surface area contributed by atoms with Gasteiger partial charge >= 0.3 is 0 Å². The molecule has 2 aromatic carbocycles. The molecule has 0 radical (unpaired) electrons. The van der Waals surface area contributed by atoms with Crippen LogP contribution in [0, 0.1) is 0 Å². The molecular weight excluding hydrogens is 453 g/mol. The molecule has 28 heavy (non-hydrogen) atoms. The van der Waals surface area contributed by atoms with E-state index in [0.717, 1.165) is 36.0 Å². The van der Waals surface area contributed by atoms with Crippen molar-refractivity contribution < 1.29 is 0 Å². The molecule has 0 amide bonds. The Labute approximate surface area is 199 Å². The highest BCUT2D eigenvalue weighted by molar-refractivity contribution is 7.80. The maximum atomic E-state index is 4.29. The van der Waals surface area contributed by atoms with Crippen LogP contribution in [0.5, 0.6) is 0 Å². The highest BCUT2D eigenvalue weighted by Gasteiger charge is 1.94. The van der Waals surface area contributed by atoms with Crippen molar-refractivity contribution in [1.29, 1.82) is 0 Å². The summed E-state index contributed by atoms with van der Waals surface area (Å²) in [5.41, 5.74) is 2.34. The van der Waals surface area contributed by atoms with Gasteiger partial charge in [0.1, 0.15) is 0 Å². The zero-order valence-electron chi connectivity index (χ0n) is 15.9. The van der Waals surface area contributed by atoms with Gasteiger partial charge in [0, 0.05) is 34.3 Å². The molecule has 0 aliphatic carbocycles. The number of unbranched alkanes of at least 4 members (excludes halogenated alkanes) is 2. The van der Waals surface area contributed by atoms with Crippen molar-refractivity contribution in [3.8, 4) is 0 Å². The first-order valence-corrected chi connectivity index (χ1v) is 9.90. The summed E-state index contributed by atoms with van der Waals surface area (Å²) >= 11 is 8.58. The maximum absolute atomic E-state index is 4.29. The topological polar surface area (TPSA) is 36.1 Å². The van der Waals surface area contributed by atoms with Gasteiger partial charge in [-0.05, 0) is 87.3 Å². The number of anilines is 2. The molecule has 2 rings (SSSR count). The molecule has 8 heteroatoms. The molecular formula is C20H32Cl3N3S2. The Bertz CT molecular complexity index is 545. The summed E-state index contributed by atoms with van der Waals surface area (Å²) in [6, 6.07) is 16.3. The van der Waals surface area contributed by atoms with Crippen LogP contribution >= 0.6 is 62.5 Å². The van der Waals surface area contributed by atoms with Crippen molar-refractivity contribution in [1.82, 2.24) is 5.32 Å². The molecule has 160 valence electrons. The molecule has 0 saturated heterocycles. The monoisotopic (exact) mass is 483 g/mol. The zero-order chi connectivity index (χ0) is 17.7. The molecule has 0 aliphatic rings. The molecule has 0 unspecified atom stereocenters. The lowest BCUT2D eigenvalue weighted by Crippen LogP contribution is -2.18. The number of nitrogens with one attached hydrogen (secondary N) is 3. The second-order valence-corrected chi connectivity index (χ2v) is 7.14. The van der Waals surface area contributed by atoms with E-state index in [0.29, 0.717) is 0 Å². The van der Waals surface area contributed by atoms with Crippen molar-refractivity contribution in [2.24, 2.45) is 0 Å². The number of thiol groups is 2. The van der Waals surface area contributed by atoms with Crippen LogP contribution in [0.25, 0.3) is 0 Å². The van der Waals surface area contributed by atoms with Crippen LogP contribution in [0.3, 0.4) is 0 Å². The zero-order valence-corrected chi connectivity index (χ0v) is 20.1. The molecule has 2 aromatic rings. The van der Waals surface area contributed by atoms with Crippen LogP contribution in [-0.4, -0.2) is 26.2 Å². The highest BCUT2D eigenvalue weighted by Crippen LogP contribution is 2.12. The van der Waals surface area contributed by atoms with Gasteiger partial charge in [-0.1, -0.05) is 0 Å². The minimum absolute atomic E-state index is 0. The van der Waals surface area contributed by atoms with Crippen LogP contribution < -0.4 is 16.0 Å². The van der Waals surface area contributed by atoms with Crippen molar-refractivity contribution in [3.05, 3.63) is 48.5 Å². The minimum Gasteiger partial charge on any atom is -0.385 e. The Hall–Kier alpha value is -0.430. The summed E-state index contributed by atoms with van der Waals surface area (Å²) in [6.45, 7) is 4.22. The summed E-state index contributed by atoms with van der Waals surface area (Å²) in [5.74, 6) is 0. The quantitative estimate of drug-likeness (QED) is 0.184. The van der Waals surface area contributed by atoms with Crippen LogP contribution in [0.2, 0.25) is 0 Å². The summed E-state index contributed by atoms with van der Waals surface area (Å²) in [4.78, 5) is 2.00. The number of benzene rings is 2. The number of halogens is 3. The van der Waals surface area contributed by atoms with E-state index in [1.165, 1.54) is 37.1 Å². The molecule has 3 nitrogen and oxygen atoms in total. The smallest absolute Gasteiger partial charge is 0.0340 e. The predicted octanol–water partition coefficient (Wildman–Crippen LogP) is 6.20. The van der Waals surface area contributed by atoms with Gasteiger partial charge in [0.2, 0.25) is 0 Å². The van der Waals surface area contributed by atoms with Crippen molar-refractivity contribution in [2.75, 3.05) is 36.8 Å². The van der Waals surface area contributed by atoms with Gasteiger partial charge in [0.05, 0.1) is 0 Å². The average molecular weight is 485 g/mol. The van der Waals surface area contributed by atoms with Crippen LogP contribution in [0.15, 0.2) is 58.3 Å². The van der Waals surface area contributed by atoms with E-state index >= 15 is 0 Å². The van der Waals surface area contributed by atoms with E-state index in [1.807, 2.05) is 24.3 Å². The van der Waals surface area contributed by atoms with Gasteiger partial charge in [-0.2, -0.15) is 0 Å². The normalized spacial score (nSPS) is 9.50. The molecule has 0 heterocycles. The van der Waals surface area contributed by atoms with Gasteiger partial charge in [-0.25, -0.2) is 0 Å². The number of rotatable bonds is 12. The third-order valence-electron chi connectivity index (χ3n) is 3.95. The van der Waals surface area contributed by atoms with E-state index in [1.54, 1.807) is 0 Å². The molecule has 0 saturated carbocycles. The Balaban J connectivity index is 0. The lowest BCUT2D eigenvalue weighted by Gasteiger charge is -2.08. The standard InChI is InChI=1S/C20H29N3S2.3ClH/c24-19-9-5-17(6-10-19)22-15-3-1-13-21-14-2-4-16-23-18-7-11-20(25)12-8-18;;;/h5-12,21-25H,1-4,13-16H2;3*1H. The van der Waals surface area contributed by atoms with Crippen LogP contribution in [-0.2, 0) is 0 Å². The summed E-state index contributed by atoms with van der Waals surface area (Å²) in [7, 11) is 0. The summed E-state index contributed by atoms with van der Waals surface area (Å²) in [5, 5.41) is 10.4. The van der Waals surface area contributed by atoms with Crippen molar-refractivity contribution >= 4 is 73.9 Å². The molecule has 0 spiro atoms. The van der Waals surface area contributed by atoms with Gasteiger partial charge in [-0.3, -0.25) is 0 Å². The molecule has 0 fully saturated rings. The largest absolute Gasteiger partial charge is 0.385 e. The van der Waals surface area contributed by atoms with Crippen molar-refractivity contribution in [3.63, 3.8) is 0 Å². The van der Waals surface area contributed by atoms with E-state index in [2.05, 4.69) is 65.5 Å². The number of hydrogen-bond acceptors (Lipinski definition) is 5. The first-order valence-electron chi connectivity index (χ1n) is 9.00. The maximum Gasteiger partial charge on any atom is 0.0340 e. The average Bonchev–Trinajstić information content (AvgIpc) is 2.63. The Morgan fingerprint density at radius 3 is 1.18 bits per heavy atom. The second kappa shape index (κ2) is 18.6. The van der Waals surface area contributed by atoms with Gasteiger partial charge in [0.15, 0.2) is 0 Å². The van der Waals surface area contributed by atoms with E-state index in [4.69, 9.17) is 0 Å². The Morgan fingerprint density at radius 2 is 0.821 bits per heavy atom. The molecule has 3 N–H and O–H groups in total. The fourth-order valence-electron chi connectivity index (χ4n) is 2.50. The summed E-state index contributed by atoms with van der Waals surface area (Å²) in [6.07, 6.45) is 4.76. The fourth-order valence-corrected chi connectivity index (χ4v) is 2.80. The molecule has 0 aliphatic heterocycles. The Kier molecular flexibility index (Phi) is 19.8. The Morgan fingerprint density at radius 1 is 0.500 bits per heavy atom. The lowest BCUT2D eigenvalue weighted by molar-refractivity contribution is 0.601. The third-order valence-corrected chi connectivity index (χ3v) is 4.55. The fraction of sp³-hybridized carbons (Fsp3) is 0.400. The SMILES string of the molecule is Cl.Cl.Cl.Sc1ccc(NCCCCNCCCCNc2ccc(S)cc2)cc1.